The van der Waals surface area contributed by atoms with Gasteiger partial charge in [-0.15, -0.1) is 12.4 Å². The molecule has 3 atom stereocenters. The van der Waals surface area contributed by atoms with Gasteiger partial charge in [0.05, 0.1) is 12.5 Å². The number of halogens is 1. The van der Waals surface area contributed by atoms with E-state index in [0.717, 1.165) is 30.5 Å². The number of hydrogen-bond donors (Lipinski definition) is 3. The number of hydrogen-bond acceptors (Lipinski definition) is 3. The summed E-state index contributed by atoms with van der Waals surface area (Å²) in [5.74, 6) is -0.200. The smallest absolute Gasteiger partial charge is 0.251 e. The minimum atomic E-state index is -0.367. The molecule has 3 N–H and O–H groups in total. The van der Waals surface area contributed by atoms with Gasteiger partial charge in [-0.2, -0.15) is 0 Å². The maximum absolute atomic E-state index is 12.7. The van der Waals surface area contributed by atoms with E-state index in [1.165, 1.54) is 0 Å². The van der Waals surface area contributed by atoms with Gasteiger partial charge in [-0.05, 0) is 50.9 Å². The third-order valence-corrected chi connectivity index (χ3v) is 5.20. The fraction of sp³-hybridized carbons (Fsp3) is 0.391. The molecule has 0 radical (unpaired) electrons. The van der Waals surface area contributed by atoms with E-state index in [4.69, 9.17) is 0 Å². The second-order valence-corrected chi connectivity index (χ2v) is 7.65. The lowest BCUT2D eigenvalue weighted by molar-refractivity contribution is -0.122. The van der Waals surface area contributed by atoms with E-state index in [9.17, 15) is 9.59 Å². The Labute approximate surface area is 179 Å². The lowest BCUT2D eigenvalue weighted by atomic mass is 9.99. The van der Waals surface area contributed by atoms with Gasteiger partial charge in [0.15, 0.2) is 0 Å². The largest absolute Gasteiger partial charge is 0.353 e. The SMILES string of the molecule is Cc1ccc(C(=O)NC(CC(=O)NC2CCNC(C)C2)c2ccccc2)cc1.Cl. The molecule has 29 heavy (non-hydrogen) atoms. The van der Waals surface area contributed by atoms with Crippen molar-refractivity contribution in [2.75, 3.05) is 6.54 Å². The lowest BCUT2D eigenvalue weighted by Crippen LogP contribution is -2.47. The van der Waals surface area contributed by atoms with Crippen LogP contribution in [0.25, 0.3) is 0 Å². The van der Waals surface area contributed by atoms with E-state index in [0.29, 0.717) is 11.6 Å². The summed E-state index contributed by atoms with van der Waals surface area (Å²) in [6, 6.07) is 17.3. The van der Waals surface area contributed by atoms with Crippen molar-refractivity contribution in [3.05, 3.63) is 71.3 Å². The number of nitrogens with one attached hydrogen (secondary N) is 3. The number of benzene rings is 2. The van der Waals surface area contributed by atoms with Gasteiger partial charge in [0.1, 0.15) is 0 Å². The summed E-state index contributed by atoms with van der Waals surface area (Å²) in [5.41, 5.74) is 2.63. The van der Waals surface area contributed by atoms with Crippen molar-refractivity contribution in [3.8, 4) is 0 Å². The zero-order valence-electron chi connectivity index (χ0n) is 17.0. The molecule has 0 aromatic heterocycles. The first kappa shape index (κ1) is 22.9. The quantitative estimate of drug-likeness (QED) is 0.675. The van der Waals surface area contributed by atoms with Crippen molar-refractivity contribution in [2.45, 2.75) is 51.2 Å². The van der Waals surface area contributed by atoms with E-state index in [1.807, 2.05) is 61.5 Å². The van der Waals surface area contributed by atoms with E-state index in [2.05, 4.69) is 22.9 Å². The highest BCUT2D eigenvalue weighted by Gasteiger charge is 2.23. The van der Waals surface area contributed by atoms with Gasteiger partial charge in [-0.25, -0.2) is 0 Å². The first-order chi connectivity index (χ1) is 13.5. The van der Waals surface area contributed by atoms with Crippen LogP contribution in [0.4, 0.5) is 0 Å². The average Bonchev–Trinajstić information content (AvgIpc) is 2.68. The second-order valence-electron chi connectivity index (χ2n) is 7.65. The topological polar surface area (TPSA) is 70.2 Å². The minimum Gasteiger partial charge on any atom is -0.353 e. The maximum atomic E-state index is 12.7. The van der Waals surface area contributed by atoms with Gasteiger partial charge in [0.2, 0.25) is 5.91 Å². The Kier molecular flexibility index (Phi) is 8.68. The molecular formula is C23H30ClN3O2. The number of piperidine rings is 1. The van der Waals surface area contributed by atoms with Crippen LogP contribution in [0.3, 0.4) is 0 Å². The molecule has 0 bridgehead atoms. The van der Waals surface area contributed by atoms with Crippen molar-refractivity contribution < 1.29 is 9.59 Å². The summed E-state index contributed by atoms with van der Waals surface area (Å²) in [7, 11) is 0. The molecule has 1 fully saturated rings. The van der Waals surface area contributed by atoms with Gasteiger partial charge in [-0.1, -0.05) is 48.0 Å². The Balaban J connectivity index is 0.00000300. The van der Waals surface area contributed by atoms with Crippen LogP contribution in [-0.2, 0) is 4.79 Å². The molecule has 0 aliphatic carbocycles. The van der Waals surface area contributed by atoms with Crippen LogP contribution < -0.4 is 16.0 Å². The van der Waals surface area contributed by atoms with Crippen molar-refractivity contribution in [1.29, 1.82) is 0 Å². The Morgan fingerprint density at radius 1 is 1.10 bits per heavy atom. The lowest BCUT2D eigenvalue weighted by Gasteiger charge is -2.29. The highest BCUT2D eigenvalue weighted by Crippen LogP contribution is 2.18. The Hall–Kier alpha value is -2.37. The van der Waals surface area contributed by atoms with E-state index in [1.54, 1.807) is 0 Å². The standard InChI is InChI=1S/C23H29N3O2.ClH/c1-16-8-10-19(11-9-16)23(28)26-21(18-6-4-3-5-7-18)15-22(27)25-20-12-13-24-17(2)14-20;/h3-11,17,20-21,24H,12-15H2,1-2H3,(H,25,27)(H,26,28);1H. The molecule has 2 aromatic carbocycles. The van der Waals surface area contributed by atoms with E-state index in [-0.39, 0.29) is 42.7 Å². The highest BCUT2D eigenvalue weighted by molar-refractivity contribution is 5.94. The molecule has 6 heteroatoms. The van der Waals surface area contributed by atoms with Gasteiger partial charge in [0, 0.05) is 17.6 Å². The minimum absolute atomic E-state index is 0. The number of carbonyl (C=O) groups is 2. The van der Waals surface area contributed by atoms with Crippen LogP contribution >= 0.6 is 12.4 Å². The van der Waals surface area contributed by atoms with Crippen molar-refractivity contribution >= 4 is 24.2 Å². The molecule has 0 spiro atoms. The molecule has 1 heterocycles. The molecule has 156 valence electrons. The molecule has 1 saturated heterocycles. The second kappa shape index (κ2) is 11.0. The number of amides is 2. The Bertz CT molecular complexity index is 796. The molecule has 1 aliphatic rings. The van der Waals surface area contributed by atoms with Crippen LogP contribution in [0.2, 0.25) is 0 Å². The molecule has 3 unspecified atom stereocenters. The summed E-state index contributed by atoms with van der Waals surface area (Å²) in [6.45, 7) is 5.03. The van der Waals surface area contributed by atoms with Crippen LogP contribution in [0.1, 0.15) is 53.7 Å². The third-order valence-electron chi connectivity index (χ3n) is 5.20. The van der Waals surface area contributed by atoms with Crippen molar-refractivity contribution in [2.24, 2.45) is 0 Å². The van der Waals surface area contributed by atoms with E-state index < -0.39 is 0 Å². The maximum Gasteiger partial charge on any atom is 0.251 e. The summed E-state index contributed by atoms with van der Waals surface area (Å²) >= 11 is 0. The van der Waals surface area contributed by atoms with Gasteiger partial charge >= 0.3 is 0 Å². The average molecular weight is 416 g/mol. The Morgan fingerprint density at radius 2 is 1.79 bits per heavy atom. The predicted molar refractivity (Wildman–Crippen MR) is 118 cm³/mol. The summed E-state index contributed by atoms with van der Waals surface area (Å²) in [6.07, 6.45) is 2.08. The molecular weight excluding hydrogens is 386 g/mol. The first-order valence-electron chi connectivity index (χ1n) is 9.96. The monoisotopic (exact) mass is 415 g/mol. The van der Waals surface area contributed by atoms with Crippen LogP contribution in [-0.4, -0.2) is 30.4 Å². The first-order valence-corrected chi connectivity index (χ1v) is 9.96. The van der Waals surface area contributed by atoms with E-state index >= 15 is 0 Å². The third kappa shape index (κ3) is 6.87. The number of aryl methyl sites for hydroxylation is 1. The van der Waals surface area contributed by atoms with Crippen molar-refractivity contribution in [3.63, 3.8) is 0 Å². The highest BCUT2D eigenvalue weighted by atomic mass is 35.5. The zero-order valence-corrected chi connectivity index (χ0v) is 17.8. The van der Waals surface area contributed by atoms with Crippen LogP contribution in [0.5, 0.6) is 0 Å². The zero-order chi connectivity index (χ0) is 19.9. The molecule has 3 rings (SSSR count). The van der Waals surface area contributed by atoms with Crippen molar-refractivity contribution in [1.82, 2.24) is 16.0 Å². The predicted octanol–water partition coefficient (Wildman–Crippen LogP) is 3.53. The number of carbonyl (C=O) groups excluding carboxylic acids is 2. The molecule has 5 nitrogen and oxygen atoms in total. The fourth-order valence-electron chi connectivity index (χ4n) is 3.62. The van der Waals surface area contributed by atoms with Crippen LogP contribution in [0, 0.1) is 6.92 Å². The summed E-state index contributed by atoms with van der Waals surface area (Å²) in [4.78, 5) is 25.4. The number of rotatable bonds is 6. The van der Waals surface area contributed by atoms with Gasteiger partial charge in [-0.3, -0.25) is 9.59 Å². The summed E-state index contributed by atoms with van der Waals surface area (Å²) < 4.78 is 0. The van der Waals surface area contributed by atoms with Gasteiger partial charge < -0.3 is 16.0 Å². The van der Waals surface area contributed by atoms with Crippen LogP contribution in [0.15, 0.2) is 54.6 Å². The Morgan fingerprint density at radius 3 is 2.45 bits per heavy atom. The summed E-state index contributed by atoms with van der Waals surface area (Å²) in [5, 5.41) is 9.57. The van der Waals surface area contributed by atoms with Gasteiger partial charge in [0.25, 0.3) is 5.91 Å². The normalized spacial score (nSPS) is 19.5. The molecule has 0 saturated carbocycles. The molecule has 1 aliphatic heterocycles. The molecule has 2 aromatic rings. The molecule has 2 amide bonds. The fourth-order valence-corrected chi connectivity index (χ4v) is 3.62.